The minimum Gasteiger partial charge on any atom is -0.0776 e. The van der Waals surface area contributed by atoms with Crippen LogP contribution in [0.1, 0.15) is 279 Å². The molecule has 2 saturated carbocycles. The lowest BCUT2D eigenvalue weighted by Gasteiger charge is -2.24. The standard InChI is InChI=1S/C11H16.C10H14.C9H18.C9H12.C8H16.C7H16.12CH4/c1-10(2)8-9-11-6-4-3-5-7-11;1-9(2)8-10-6-4-3-5-7-10;2*1-8(2)9-6-4-3-5-7-9;1-7(2)8-5-3-4-6-8;1-6(2)5-7(3)4;;;;;;;;;;;;/h3-7,10H,8-9H2,1-2H3;3-7,9H,8H2,1-2H3;8-9H,3-7H2,1-2H3;3-8H,1-2H3;7-8H,3-6H2,1-2H3;6-7H,5H2,1-4H3;12*1H4. The van der Waals surface area contributed by atoms with Crippen LogP contribution >= 0.6 is 0 Å². The minimum atomic E-state index is 0. The molecule has 0 aliphatic heterocycles. The van der Waals surface area contributed by atoms with Gasteiger partial charge in [-0.1, -0.05) is 335 Å². The molecule has 0 heteroatoms. The van der Waals surface area contributed by atoms with E-state index in [9.17, 15) is 0 Å². The van der Waals surface area contributed by atoms with E-state index in [1.807, 2.05) is 6.07 Å². The highest BCUT2D eigenvalue weighted by atomic mass is 14.2. The summed E-state index contributed by atoms with van der Waals surface area (Å²) in [7, 11) is 0. The van der Waals surface area contributed by atoms with Crippen molar-refractivity contribution in [3.05, 3.63) is 108 Å². The predicted molar refractivity (Wildman–Crippen MR) is 328 cm³/mol. The van der Waals surface area contributed by atoms with Crippen LogP contribution < -0.4 is 0 Å². The first-order chi connectivity index (χ1) is 25.6. The Morgan fingerprint density at radius 3 is 0.879 bits per heavy atom. The normalized spacial score (nSPS) is 11.8. The van der Waals surface area contributed by atoms with Gasteiger partial charge in [-0.05, 0) is 95.6 Å². The first kappa shape index (κ1) is 97.4. The quantitative estimate of drug-likeness (QED) is 0.190. The van der Waals surface area contributed by atoms with E-state index in [2.05, 4.69) is 182 Å². The SMILES string of the molecule is C.C.C.C.C.C.C.C.C.C.C.C.CC(C)C1CCCC1.CC(C)C1CCCCC1.CC(C)CC(C)C.CC(C)CCc1ccccc1.CC(C)Cc1ccccc1.CC(C)c1ccccc1. The van der Waals surface area contributed by atoms with Gasteiger partial charge in [-0.15, -0.1) is 0 Å². The van der Waals surface area contributed by atoms with Gasteiger partial charge in [0, 0.05) is 0 Å². The lowest BCUT2D eigenvalue weighted by molar-refractivity contribution is 0.279. The van der Waals surface area contributed by atoms with Crippen LogP contribution in [0.15, 0.2) is 91.0 Å². The largest absolute Gasteiger partial charge is 0.0776 e. The molecular weight excluding hydrogens is 793 g/mol. The van der Waals surface area contributed by atoms with Crippen LogP contribution in [0.5, 0.6) is 0 Å². The molecule has 3 aromatic rings. The second-order valence-corrected chi connectivity index (χ2v) is 19.0. The van der Waals surface area contributed by atoms with Gasteiger partial charge in [-0.3, -0.25) is 0 Å². The van der Waals surface area contributed by atoms with Crippen LogP contribution in [-0.4, -0.2) is 0 Å². The zero-order chi connectivity index (χ0) is 40.7. The van der Waals surface area contributed by atoms with Gasteiger partial charge in [0.15, 0.2) is 0 Å². The monoisotopic (exact) mass is 933 g/mol. The van der Waals surface area contributed by atoms with Crippen LogP contribution in [0.4, 0.5) is 0 Å². The molecule has 3 aromatic carbocycles. The van der Waals surface area contributed by atoms with Gasteiger partial charge in [0.1, 0.15) is 0 Å². The summed E-state index contributed by atoms with van der Waals surface area (Å²) in [4.78, 5) is 0. The number of aryl methyl sites for hydroxylation is 1. The highest BCUT2D eigenvalue weighted by Gasteiger charge is 2.17. The molecule has 0 radical (unpaired) electrons. The fourth-order valence-corrected chi connectivity index (χ4v) is 7.39. The van der Waals surface area contributed by atoms with Crippen LogP contribution in [0, 0.1) is 47.3 Å². The van der Waals surface area contributed by atoms with Crippen molar-refractivity contribution in [2.75, 3.05) is 0 Å². The Bertz CT molecular complexity index is 1150. The molecule has 5 rings (SSSR count). The van der Waals surface area contributed by atoms with Crippen molar-refractivity contribution in [1.29, 1.82) is 0 Å². The molecule has 0 bridgehead atoms. The molecule has 0 nitrogen and oxygen atoms in total. The van der Waals surface area contributed by atoms with Gasteiger partial charge in [-0.25, -0.2) is 0 Å². The van der Waals surface area contributed by atoms with Crippen molar-refractivity contribution < 1.29 is 0 Å². The van der Waals surface area contributed by atoms with Crippen LogP contribution in [0.3, 0.4) is 0 Å². The fraction of sp³-hybridized carbons (Fsp3) is 0.727. The molecule has 0 spiro atoms. The highest BCUT2D eigenvalue weighted by molar-refractivity contribution is 5.18. The molecule has 0 saturated heterocycles. The number of hydrogen-bond donors (Lipinski definition) is 0. The van der Waals surface area contributed by atoms with Gasteiger partial charge >= 0.3 is 0 Å². The number of rotatable bonds is 10. The molecule has 66 heavy (non-hydrogen) atoms. The maximum absolute atomic E-state index is 2.36. The summed E-state index contributed by atoms with van der Waals surface area (Å²) in [6.07, 6.45) is 18.5. The Labute approximate surface area is 428 Å². The van der Waals surface area contributed by atoms with Gasteiger partial charge in [-0.2, -0.15) is 0 Å². The van der Waals surface area contributed by atoms with E-state index in [0.717, 1.165) is 47.3 Å². The smallest absolute Gasteiger partial charge is 0.0219 e. The van der Waals surface area contributed by atoms with E-state index in [-0.39, 0.29) is 89.1 Å². The van der Waals surface area contributed by atoms with E-state index >= 15 is 0 Å². The van der Waals surface area contributed by atoms with Crippen LogP contribution in [0.2, 0.25) is 0 Å². The molecule has 0 N–H and O–H groups in total. The predicted octanol–water partition coefficient (Wildman–Crippen LogP) is 25.3. The van der Waals surface area contributed by atoms with Gasteiger partial charge in [0.25, 0.3) is 0 Å². The second-order valence-electron chi connectivity index (χ2n) is 19.0. The molecule has 0 aromatic heterocycles. The average Bonchev–Trinajstić information content (AvgIpc) is 3.69. The molecule has 2 fully saturated rings. The third-order valence-corrected chi connectivity index (χ3v) is 10.7. The average molecular weight is 934 g/mol. The molecule has 0 unspecified atom stereocenters. The summed E-state index contributed by atoms with van der Waals surface area (Å²) in [5.74, 6) is 7.99. The summed E-state index contributed by atoms with van der Waals surface area (Å²) < 4.78 is 0. The van der Waals surface area contributed by atoms with Gasteiger partial charge in [0.05, 0.1) is 0 Å². The zero-order valence-electron chi connectivity index (χ0n) is 38.5. The first-order valence-corrected chi connectivity index (χ1v) is 22.7. The lowest BCUT2D eigenvalue weighted by Crippen LogP contribution is -2.12. The summed E-state index contributed by atoms with van der Waals surface area (Å²) in [5.41, 5.74) is 4.32. The van der Waals surface area contributed by atoms with Crippen molar-refractivity contribution in [3.8, 4) is 0 Å². The highest BCUT2D eigenvalue weighted by Crippen LogP contribution is 2.30. The maximum atomic E-state index is 2.36. The van der Waals surface area contributed by atoms with E-state index < -0.39 is 0 Å². The van der Waals surface area contributed by atoms with Crippen molar-refractivity contribution >= 4 is 0 Å². The van der Waals surface area contributed by atoms with Gasteiger partial charge in [0.2, 0.25) is 0 Å². The van der Waals surface area contributed by atoms with Crippen LogP contribution in [0.25, 0.3) is 0 Å². The first-order valence-electron chi connectivity index (χ1n) is 22.7. The molecular formula is C66H140. The topological polar surface area (TPSA) is 0 Å². The third-order valence-electron chi connectivity index (χ3n) is 10.7. The van der Waals surface area contributed by atoms with Gasteiger partial charge < -0.3 is 0 Å². The Morgan fingerprint density at radius 2 is 0.652 bits per heavy atom. The Balaban J connectivity index is -0.0000000450. The summed E-state index contributed by atoms with van der Waals surface area (Å²) in [5, 5.41) is 0. The van der Waals surface area contributed by atoms with E-state index in [1.165, 1.54) is 100 Å². The number of benzene rings is 3. The summed E-state index contributed by atoms with van der Waals surface area (Å²) in [6.45, 7) is 31.9. The maximum Gasteiger partial charge on any atom is -0.0219 e. The lowest BCUT2D eigenvalue weighted by atomic mass is 9.82. The third kappa shape index (κ3) is 59.7. The van der Waals surface area contributed by atoms with Crippen molar-refractivity contribution in [2.45, 2.75) is 275 Å². The molecule has 0 atom stereocenters. The molecule has 2 aliphatic carbocycles. The Hall–Kier alpha value is -2.34. The van der Waals surface area contributed by atoms with Crippen molar-refractivity contribution in [2.24, 2.45) is 47.3 Å². The van der Waals surface area contributed by atoms with Crippen molar-refractivity contribution in [3.63, 3.8) is 0 Å². The molecule has 0 amide bonds. The van der Waals surface area contributed by atoms with Crippen molar-refractivity contribution in [1.82, 2.24) is 0 Å². The van der Waals surface area contributed by atoms with Crippen LogP contribution in [-0.2, 0) is 12.8 Å². The molecule has 0 heterocycles. The Kier molecular flexibility index (Phi) is 92.5. The summed E-state index contributed by atoms with van der Waals surface area (Å²) in [6, 6.07) is 31.8. The van der Waals surface area contributed by atoms with E-state index in [1.54, 1.807) is 0 Å². The summed E-state index contributed by atoms with van der Waals surface area (Å²) >= 11 is 0. The van der Waals surface area contributed by atoms with E-state index in [4.69, 9.17) is 0 Å². The minimum absolute atomic E-state index is 0. The zero-order valence-corrected chi connectivity index (χ0v) is 38.5. The van der Waals surface area contributed by atoms with E-state index in [0.29, 0.717) is 5.92 Å². The molecule has 404 valence electrons. The second kappa shape index (κ2) is 62.7. The Morgan fingerprint density at radius 1 is 0.348 bits per heavy atom. The fourth-order valence-electron chi connectivity index (χ4n) is 7.39. The number of hydrogen-bond acceptors (Lipinski definition) is 0. The molecule has 2 aliphatic rings.